The van der Waals surface area contributed by atoms with Gasteiger partial charge in [-0.25, -0.2) is 4.98 Å². The summed E-state index contributed by atoms with van der Waals surface area (Å²) in [6.45, 7) is 3.33. The van der Waals surface area contributed by atoms with Crippen LogP contribution in [0, 0.1) is 6.92 Å². The van der Waals surface area contributed by atoms with Crippen LogP contribution in [0.3, 0.4) is 0 Å². The number of aryl methyl sites for hydroxylation is 2. The van der Waals surface area contributed by atoms with Crippen LogP contribution in [0.25, 0.3) is 10.2 Å². The lowest BCUT2D eigenvalue weighted by Gasteiger charge is -2.20. The van der Waals surface area contributed by atoms with E-state index in [-0.39, 0.29) is 5.91 Å². The van der Waals surface area contributed by atoms with E-state index in [1.165, 1.54) is 11.3 Å². The first-order valence-corrected chi connectivity index (χ1v) is 10.2. The second-order valence-corrected chi connectivity index (χ2v) is 8.03. The Hall–Kier alpha value is -2.65. The molecule has 3 rings (SSSR count). The molecule has 0 aliphatic heterocycles. The van der Waals surface area contributed by atoms with Crippen LogP contribution in [-0.2, 0) is 7.05 Å². The lowest BCUT2D eigenvalue weighted by molar-refractivity contribution is 0.0980. The fourth-order valence-corrected chi connectivity index (χ4v) is 4.12. The molecule has 0 atom stereocenters. The molecule has 0 saturated carbocycles. The molecule has 9 heteroatoms. The molecule has 8 nitrogen and oxygen atoms in total. The van der Waals surface area contributed by atoms with Crippen molar-refractivity contribution in [2.24, 2.45) is 7.05 Å². The topological polar surface area (TPSA) is 72.7 Å². The maximum absolute atomic E-state index is 13.3. The highest BCUT2D eigenvalue weighted by molar-refractivity contribution is 7.22. The Morgan fingerprint density at radius 3 is 2.45 bits per heavy atom. The van der Waals surface area contributed by atoms with Gasteiger partial charge in [-0.3, -0.25) is 14.4 Å². The molecule has 1 amide bonds. The van der Waals surface area contributed by atoms with E-state index in [0.717, 1.165) is 23.4 Å². The summed E-state index contributed by atoms with van der Waals surface area (Å²) in [4.78, 5) is 21.8. The Labute approximate surface area is 174 Å². The number of ether oxygens (including phenoxy) is 2. The molecule has 3 aromatic rings. The third-order valence-corrected chi connectivity index (χ3v) is 5.79. The Morgan fingerprint density at radius 1 is 1.17 bits per heavy atom. The number of benzene rings is 1. The third-order valence-electron chi connectivity index (χ3n) is 4.69. The van der Waals surface area contributed by atoms with E-state index in [1.807, 2.05) is 40.2 Å². The standard InChI is InChI=1S/C20H27N5O3S/c1-13-12-14(22-24(13)4)19(26)25(11-7-10-23(2)3)20-21-17-15(27-5)8-9-16(28-6)18(17)29-20/h8-9,12H,7,10-11H2,1-6H3. The molecule has 0 N–H and O–H groups in total. The first-order valence-electron chi connectivity index (χ1n) is 9.34. The number of anilines is 1. The van der Waals surface area contributed by atoms with Gasteiger partial charge >= 0.3 is 0 Å². The zero-order chi connectivity index (χ0) is 21.1. The van der Waals surface area contributed by atoms with Gasteiger partial charge in [0.25, 0.3) is 5.91 Å². The molecular weight excluding hydrogens is 390 g/mol. The largest absolute Gasteiger partial charge is 0.495 e. The zero-order valence-corrected chi connectivity index (χ0v) is 18.5. The predicted molar refractivity (Wildman–Crippen MR) is 116 cm³/mol. The number of carbonyl (C=O) groups excluding carboxylic acids is 1. The normalized spacial score (nSPS) is 11.3. The lowest BCUT2D eigenvalue weighted by atomic mass is 10.3. The van der Waals surface area contributed by atoms with Crippen molar-refractivity contribution in [3.05, 3.63) is 29.6 Å². The van der Waals surface area contributed by atoms with Gasteiger partial charge in [0, 0.05) is 19.3 Å². The van der Waals surface area contributed by atoms with Crippen molar-refractivity contribution < 1.29 is 14.3 Å². The molecular formula is C20H27N5O3S. The minimum absolute atomic E-state index is 0.163. The van der Waals surface area contributed by atoms with E-state index in [1.54, 1.807) is 29.9 Å². The number of methoxy groups -OCH3 is 2. The van der Waals surface area contributed by atoms with Crippen LogP contribution in [0.1, 0.15) is 22.6 Å². The average molecular weight is 418 g/mol. The van der Waals surface area contributed by atoms with Gasteiger partial charge in [-0.2, -0.15) is 5.10 Å². The van der Waals surface area contributed by atoms with Gasteiger partial charge < -0.3 is 14.4 Å². The number of carbonyl (C=O) groups is 1. The minimum Gasteiger partial charge on any atom is -0.495 e. The minimum atomic E-state index is -0.163. The Morgan fingerprint density at radius 2 is 1.86 bits per heavy atom. The van der Waals surface area contributed by atoms with Gasteiger partial charge in [0.15, 0.2) is 10.8 Å². The van der Waals surface area contributed by atoms with Crippen molar-refractivity contribution in [3.63, 3.8) is 0 Å². The molecule has 0 radical (unpaired) electrons. The van der Waals surface area contributed by atoms with Crippen molar-refractivity contribution in [1.82, 2.24) is 19.7 Å². The van der Waals surface area contributed by atoms with Crippen LogP contribution in [0.4, 0.5) is 5.13 Å². The molecule has 0 fully saturated rings. The Balaban J connectivity index is 2.04. The van der Waals surface area contributed by atoms with Gasteiger partial charge in [0.2, 0.25) is 0 Å². The summed E-state index contributed by atoms with van der Waals surface area (Å²) in [5.74, 6) is 1.20. The van der Waals surface area contributed by atoms with E-state index >= 15 is 0 Å². The van der Waals surface area contributed by atoms with Gasteiger partial charge in [-0.15, -0.1) is 0 Å². The molecule has 2 heterocycles. The number of thiazole rings is 1. The number of aromatic nitrogens is 3. The number of rotatable bonds is 8. The van der Waals surface area contributed by atoms with Gasteiger partial charge in [-0.05, 0) is 52.2 Å². The monoisotopic (exact) mass is 417 g/mol. The molecule has 0 saturated heterocycles. The SMILES string of the molecule is COc1ccc(OC)c2sc(N(CCCN(C)C)C(=O)c3cc(C)n(C)n3)nc12. The van der Waals surface area contributed by atoms with Crippen molar-refractivity contribution in [2.45, 2.75) is 13.3 Å². The van der Waals surface area contributed by atoms with Crippen LogP contribution >= 0.6 is 11.3 Å². The molecule has 0 spiro atoms. The average Bonchev–Trinajstić information content (AvgIpc) is 3.27. The molecule has 0 aliphatic rings. The quantitative estimate of drug-likeness (QED) is 0.561. The maximum Gasteiger partial charge on any atom is 0.280 e. The maximum atomic E-state index is 13.3. The summed E-state index contributed by atoms with van der Waals surface area (Å²) < 4.78 is 13.5. The van der Waals surface area contributed by atoms with E-state index < -0.39 is 0 Å². The molecule has 2 aromatic heterocycles. The molecule has 0 aliphatic carbocycles. The summed E-state index contributed by atoms with van der Waals surface area (Å²) >= 11 is 1.42. The van der Waals surface area contributed by atoms with E-state index in [2.05, 4.69) is 10.00 Å². The molecule has 156 valence electrons. The van der Waals surface area contributed by atoms with Crippen molar-refractivity contribution >= 4 is 32.6 Å². The van der Waals surface area contributed by atoms with Gasteiger partial charge in [0.1, 0.15) is 21.7 Å². The number of hydrogen-bond acceptors (Lipinski definition) is 7. The van der Waals surface area contributed by atoms with Crippen molar-refractivity contribution in [2.75, 3.05) is 46.3 Å². The van der Waals surface area contributed by atoms with Gasteiger partial charge in [-0.1, -0.05) is 11.3 Å². The fraction of sp³-hybridized carbons (Fsp3) is 0.450. The Bertz CT molecular complexity index is 951. The first kappa shape index (κ1) is 21.1. The smallest absolute Gasteiger partial charge is 0.280 e. The van der Waals surface area contributed by atoms with Crippen molar-refractivity contribution in [3.8, 4) is 11.5 Å². The van der Waals surface area contributed by atoms with Gasteiger partial charge in [0.05, 0.1) is 14.2 Å². The second kappa shape index (κ2) is 8.79. The van der Waals surface area contributed by atoms with Crippen LogP contribution in [0.2, 0.25) is 0 Å². The zero-order valence-electron chi connectivity index (χ0n) is 17.7. The second-order valence-electron chi connectivity index (χ2n) is 7.05. The van der Waals surface area contributed by atoms with Crippen LogP contribution < -0.4 is 14.4 Å². The number of amides is 1. The molecule has 29 heavy (non-hydrogen) atoms. The van der Waals surface area contributed by atoms with E-state index in [4.69, 9.17) is 14.5 Å². The summed E-state index contributed by atoms with van der Waals surface area (Å²) in [7, 11) is 9.09. The first-order chi connectivity index (χ1) is 13.8. The molecule has 0 unspecified atom stereocenters. The van der Waals surface area contributed by atoms with E-state index in [0.29, 0.717) is 34.4 Å². The van der Waals surface area contributed by atoms with Crippen LogP contribution in [0.5, 0.6) is 11.5 Å². The molecule has 1 aromatic carbocycles. The highest BCUT2D eigenvalue weighted by Crippen LogP contribution is 2.40. The van der Waals surface area contributed by atoms with Crippen LogP contribution in [-0.4, -0.2) is 67.0 Å². The van der Waals surface area contributed by atoms with Crippen molar-refractivity contribution in [1.29, 1.82) is 0 Å². The fourth-order valence-electron chi connectivity index (χ4n) is 3.02. The molecule has 0 bridgehead atoms. The highest BCUT2D eigenvalue weighted by atomic mass is 32.1. The lowest BCUT2D eigenvalue weighted by Crippen LogP contribution is -2.33. The number of hydrogen-bond donors (Lipinski definition) is 0. The third kappa shape index (κ3) is 4.35. The van der Waals surface area contributed by atoms with E-state index in [9.17, 15) is 4.79 Å². The number of nitrogens with zero attached hydrogens (tertiary/aromatic N) is 5. The Kier molecular flexibility index (Phi) is 6.39. The summed E-state index contributed by atoms with van der Waals surface area (Å²) in [6, 6.07) is 5.48. The summed E-state index contributed by atoms with van der Waals surface area (Å²) in [6.07, 6.45) is 0.814. The number of fused-ring (bicyclic) bond motifs is 1. The summed E-state index contributed by atoms with van der Waals surface area (Å²) in [5.41, 5.74) is 2.02. The predicted octanol–water partition coefficient (Wildman–Crippen LogP) is 2.95. The highest BCUT2D eigenvalue weighted by Gasteiger charge is 2.25. The summed E-state index contributed by atoms with van der Waals surface area (Å²) in [5, 5.41) is 4.97. The van der Waals surface area contributed by atoms with Crippen LogP contribution in [0.15, 0.2) is 18.2 Å².